The topological polar surface area (TPSA) is 72.5 Å². The van der Waals surface area contributed by atoms with Crippen LogP contribution in [0.1, 0.15) is 27.7 Å². The summed E-state index contributed by atoms with van der Waals surface area (Å²) in [5.74, 6) is -0.985. The SMILES string of the molecule is CCOCc1c(C)sc(N)c1C(=O)O. The highest BCUT2D eigenvalue weighted by Gasteiger charge is 2.19. The third-order valence-electron chi connectivity index (χ3n) is 1.90. The quantitative estimate of drug-likeness (QED) is 0.804. The summed E-state index contributed by atoms with van der Waals surface area (Å²) in [5, 5.41) is 9.28. The fourth-order valence-electron chi connectivity index (χ4n) is 1.21. The Kier molecular flexibility index (Phi) is 3.49. The van der Waals surface area contributed by atoms with Gasteiger partial charge >= 0.3 is 5.97 Å². The normalized spacial score (nSPS) is 10.4. The molecule has 0 fully saturated rings. The lowest BCUT2D eigenvalue weighted by Crippen LogP contribution is -2.04. The molecule has 1 aromatic rings. The van der Waals surface area contributed by atoms with E-state index in [9.17, 15) is 4.79 Å². The second-order valence-electron chi connectivity index (χ2n) is 2.82. The molecular formula is C9H13NO3S. The molecule has 1 aromatic heterocycles. The van der Waals surface area contributed by atoms with Crippen LogP contribution >= 0.6 is 11.3 Å². The maximum atomic E-state index is 10.9. The minimum Gasteiger partial charge on any atom is -0.478 e. The molecule has 78 valence electrons. The third kappa shape index (κ3) is 2.05. The van der Waals surface area contributed by atoms with Gasteiger partial charge in [-0.2, -0.15) is 0 Å². The third-order valence-corrected chi connectivity index (χ3v) is 2.88. The van der Waals surface area contributed by atoms with Crippen LogP contribution in [0.5, 0.6) is 0 Å². The zero-order valence-electron chi connectivity index (χ0n) is 8.16. The number of nitrogen functional groups attached to an aromatic ring is 1. The van der Waals surface area contributed by atoms with Crippen molar-refractivity contribution in [2.45, 2.75) is 20.5 Å². The van der Waals surface area contributed by atoms with Gasteiger partial charge in [-0.1, -0.05) is 0 Å². The molecule has 0 radical (unpaired) electrons. The molecule has 0 unspecified atom stereocenters. The number of anilines is 1. The number of ether oxygens (including phenoxy) is 1. The van der Waals surface area contributed by atoms with Crippen molar-refractivity contribution in [3.05, 3.63) is 16.0 Å². The van der Waals surface area contributed by atoms with E-state index >= 15 is 0 Å². The van der Waals surface area contributed by atoms with Gasteiger partial charge in [0.1, 0.15) is 5.00 Å². The first-order valence-corrected chi connectivity index (χ1v) is 5.08. The maximum Gasteiger partial charge on any atom is 0.339 e. The molecule has 0 saturated carbocycles. The summed E-state index contributed by atoms with van der Waals surface area (Å²) in [7, 11) is 0. The van der Waals surface area contributed by atoms with Gasteiger partial charge in [-0.15, -0.1) is 11.3 Å². The van der Waals surface area contributed by atoms with E-state index in [1.165, 1.54) is 11.3 Å². The molecule has 3 N–H and O–H groups in total. The van der Waals surface area contributed by atoms with E-state index in [-0.39, 0.29) is 5.56 Å². The molecule has 0 aliphatic rings. The van der Waals surface area contributed by atoms with Crippen molar-refractivity contribution >= 4 is 22.3 Å². The predicted molar refractivity (Wildman–Crippen MR) is 55.8 cm³/mol. The van der Waals surface area contributed by atoms with Crippen LogP contribution in [0.25, 0.3) is 0 Å². The van der Waals surface area contributed by atoms with Crippen LogP contribution in [0.15, 0.2) is 0 Å². The molecule has 5 heteroatoms. The summed E-state index contributed by atoms with van der Waals surface area (Å²) in [6, 6.07) is 0. The first kappa shape index (κ1) is 11.0. The Bertz CT molecular complexity index is 346. The fraction of sp³-hybridized carbons (Fsp3) is 0.444. The van der Waals surface area contributed by atoms with Crippen LogP contribution in [0.2, 0.25) is 0 Å². The Balaban J connectivity index is 3.05. The van der Waals surface area contributed by atoms with Crippen LogP contribution in [0.3, 0.4) is 0 Å². The number of carbonyl (C=O) groups is 1. The second kappa shape index (κ2) is 4.43. The van der Waals surface area contributed by atoms with Gasteiger partial charge in [-0.05, 0) is 13.8 Å². The summed E-state index contributed by atoms with van der Waals surface area (Å²) in [6.45, 7) is 4.60. The number of hydrogen-bond donors (Lipinski definition) is 2. The standard InChI is InChI=1S/C9H13NO3S/c1-3-13-4-6-5(2)14-8(10)7(6)9(11)12/h3-4,10H2,1-2H3,(H,11,12). The Morgan fingerprint density at radius 2 is 2.29 bits per heavy atom. The van der Waals surface area contributed by atoms with Crippen molar-refractivity contribution in [2.24, 2.45) is 0 Å². The number of carboxylic acid groups (broad SMARTS) is 1. The van der Waals surface area contributed by atoms with Gasteiger partial charge in [-0.25, -0.2) is 4.79 Å². The summed E-state index contributed by atoms with van der Waals surface area (Å²) >= 11 is 1.29. The second-order valence-corrected chi connectivity index (χ2v) is 4.07. The van der Waals surface area contributed by atoms with Crippen LogP contribution in [0.4, 0.5) is 5.00 Å². The van der Waals surface area contributed by atoms with Gasteiger partial charge in [0.2, 0.25) is 0 Å². The van der Waals surface area contributed by atoms with E-state index in [1.807, 2.05) is 13.8 Å². The Morgan fingerprint density at radius 1 is 1.64 bits per heavy atom. The maximum absolute atomic E-state index is 10.9. The highest BCUT2D eigenvalue weighted by atomic mass is 32.1. The van der Waals surface area contributed by atoms with E-state index in [1.54, 1.807) is 0 Å². The number of carboxylic acids is 1. The molecule has 14 heavy (non-hydrogen) atoms. The fourth-order valence-corrected chi connectivity index (χ4v) is 2.14. The van der Waals surface area contributed by atoms with Crippen LogP contribution < -0.4 is 5.73 Å². The number of nitrogens with two attached hydrogens (primary N) is 1. The summed E-state index contributed by atoms with van der Waals surface area (Å²) in [6.07, 6.45) is 0. The van der Waals surface area contributed by atoms with Crippen molar-refractivity contribution in [2.75, 3.05) is 12.3 Å². The van der Waals surface area contributed by atoms with E-state index < -0.39 is 5.97 Å². The zero-order chi connectivity index (χ0) is 10.7. The lowest BCUT2D eigenvalue weighted by atomic mass is 10.1. The number of rotatable bonds is 4. The first-order valence-electron chi connectivity index (χ1n) is 4.26. The summed E-state index contributed by atoms with van der Waals surface area (Å²) in [4.78, 5) is 11.8. The lowest BCUT2D eigenvalue weighted by Gasteiger charge is -2.02. The van der Waals surface area contributed by atoms with Gasteiger partial charge in [0.15, 0.2) is 0 Å². The molecule has 0 aromatic carbocycles. The molecule has 0 atom stereocenters. The van der Waals surface area contributed by atoms with Crippen molar-refractivity contribution < 1.29 is 14.6 Å². The predicted octanol–water partition coefficient (Wildman–Crippen LogP) is 1.87. The molecule has 1 rings (SSSR count). The highest BCUT2D eigenvalue weighted by Crippen LogP contribution is 2.30. The molecule has 0 saturated heterocycles. The van der Waals surface area contributed by atoms with Gasteiger partial charge in [0.25, 0.3) is 0 Å². The summed E-state index contributed by atoms with van der Waals surface area (Å²) < 4.78 is 5.19. The Labute approximate surface area is 86.3 Å². The van der Waals surface area contributed by atoms with Crippen molar-refractivity contribution in [1.82, 2.24) is 0 Å². The smallest absolute Gasteiger partial charge is 0.339 e. The van der Waals surface area contributed by atoms with E-state index in [0.717, 1.165) is 4.88 Å². The first-order chi connectivity index (χ1) is 6.57. The largest absolute Gasteiger partial charge is 0.478 e. The van der Waals surface area contributed by atoms with Crippen molar-refractivity contribution in [3.8, 4) is 0 Å². The van der Waals surface area contributed by atoms with Crippen molar-refractivity contribution in [3.63, 3.8) is 0 Å². The van der Waals surface area contributed by atoms with E-state index in [4.69, 9.17) is 15.6 Å². The van der Waals surface area contributed by atoms with Crippen molar-refractivity contribution in [1.29, 1.82) is 0 Å². The van der Waals surface area contributed by atoms with Crippen LogP contribution in [-0.4, -0.2) is 17.7 Å². The average molecular weight is 215 g/mol. The highest BCUT2D eigenvalue weighted by molar-refractivity contribution is 7.16. The summed E-state index contributed by atoms with van der Waals surface area (Å²) in [5.41, 5.74) is 6.49. The number of thiophene rings is 1. The minimum absolute atomic E-state index is 0.195. The molecule has 0 amide bonds. The van der Waals surface area contributed by atoms with Gasteiger partial charge in [0.05, 0.1) is 12.2 Å². The molecule has 0 spiro atoms. The molecular weight excluding hydrogens is 202 g/mol. The van der Waals surface area contributed by atoms with Gasteiger partial charge in [0, 0.05) is 17.0 Å². The van der Waals surface area contributed by atoms with E-state index in [0.29, 0.717) is 23.8 Å². The Hall–Kier alpha value is -1.07. The number of hydrogen-bond acceptors (Lipinski definition) is 4. The molecule has 4 nitrogen and oxygen atoms in total. The molecule has 1 heterocycles. The van der Waals surface area contributed by atoms with Crippen LogP contribution in [0, 0.1) is 6.92 Å². The monoisotopic (exact) mass is 215 g/mol. The molecule has 0 aliphatic carbocycles. The minimum atomic E-state index is -0.985. The lowest BCUT2D eigenvalue weighted by molar-refractivity contribution is 0.0690. The number of aryl methyl sites for hydroxylation is 1. The zero-order valence-corrected chi connectivity index (χ0v) is 8.98. The van der Waals surface area contributed by atoms with Gasteiger partial charge < -0.3 is 15.6 Å². The number of aromatic carboxylic acids is 1. The van der Waals surface area contributed by atoms with Gasteiger partial charge in [-0.3, -0.25) is 0 Å². The Morgan fingerprint density at radius 3 is 2.79 bits per heavy atom. The average Bonchev–Trinajstić information content (AvgIpc) is 2.37. The van der Waals surface area contributed by atoms with Crippen LogP contribution in [-0.2, 0) is 11.3 Å². The molecule has 0 bridgehead atoms. The van der Waals surface area contributed by atoms with E-state index in [2.05, 4.69) is 0 Å². The molecule has 0 aliphatic heterocycles.